The van der Waals surface area contributed by atoms with Gasteiger partial charge in [0.25, 0.3) is 0 Å². The van der Waals surface area contributed by atoms with Crippen LogP contribution < -0.4 is 4.74 Å². The van der Waals surface area contributed by atoms with Crippen LogP contribution in [0.1, 0.15) is 12.8 Å². The third-order valence-electron chi connectivity index (χ3n) is 2.64. The standard InChI is InChI=1S/C14H13NO/c1-2-10-15-14(3-1)11-4-6-12(7-5-11)16-13-8-9-13/h1-7,10,13H,8-9H2. The summed E-state index contributed by atoms with van der Waals surface area (Å²) >= 11 is 0. The normalized spacial score (nSPS) is 14.8. The largest absolute Gasteiger partial charge is 0.490 e. The molecule has 0 atom stereocenters. The molecule has 1 aliphatic rings. The van der Waals surface area contributed by atoms with Crippen molar-refractivity contribution in [1.82, 2.24) is 4.98 Å². The molecule has 16 heavy (non-hydrogen) atoms. The number of benzene rings is 1. The fourth-order valence-electron chi connectivity index (χ4n) is 1.62. The van der Waals surface area contributed by atoms with Crippen molar-refractivity contribution in [2.24, 2.45) is 0 Å². The monoisotopic (exact) mass is 211 g/mol. The summed E-state index contributed by atoms with van der Waals surface area (Å²) in [5.74, 6) is 0.960. The lowest BCUT2D eigenvalue weighted by Gasteiger charge is -2.05. The highest BCUT2D eigenvalue weighted by molar-refractivity contribution is 5.59. The highest BCUT2D eigenvalue weighted by Crippen LogP contribution is 2.28. The molecule has 0 aliphatic heterocycles. The number of pyridine rings is 1. The van der Waals surface area contributed by atoms with Crippen LogP contribution in [0.5, 0.6) is 5.75 Å². The van der Waals surface area contributed by atoms with Crippen LogP contribution in [0.2, 0.25) is 0 Å². The van der Waals surface area contributed by atoms with Crippen LogP contribution in [0.4, 0.5) is 0 Å². The van der Waals surface area contributed by atoms with Crippen molar-refractivity contribution in [3.05, 3.63) is 48.7 Å². The zero-order chi connectivity index (χ0) is 10.8. The van der Waals surface area contributed by atoms with Gasteiger partial charge in [0.05, 0.1) is 11.8 Å². The highest BCUT2D eigenvalue weighted by atomic mass is 16.5. The minimum atomic E-state index is 0.459. The average Bonchev–Trinajstić information content (AvgIpc) is 3.15. The summed E-state index contributed by atoms with van der Waals surface area (Å²) in [6, 6.07) is 14.1. The van der Waals surface area contributed by atoms with Gasteiger partial charge in [-0.3, -0.25) is 4.98 Å². The molecule has 2 heteroatoms. The Hall–Kier alpha value is -1.83. The molecule has 0 N–H and O–H groups in total. The molecule has 2 nitrogen and oxygen atoms in total. The summed E-state index contributed by atoms with van der Waals surface area (Å²) < 4.78 is 5.70. The number of nitrogens with zero attached hydrogens (tertiary/aromatic N) is 1. The number of aromatic nitrogens is 1. The molecule has 1 saturated carbocycles. The van der Waals surface area contributed by atoms with Gasteiger partial charge in [-0.25, -0.2) is 0 Å². The first-order valence-electron chi connectivity index (χ1n) is 5.60. The van der Waals surface area contributed by atoms with E-state index in [4.69, 9.17) is 4.74 Å². The fraction of sp³-hybridized carbons (Fsp3) is 0.214. The second-order valence-electron chi connectivity index (χ2n) is 4.06. The number of rotatable bonds is 3. The molecule has 0 spiro atoms. The first-order chi connectivity index (χ1) is 7.92. The minimum Gasteiger partial charge on any atom is -0.490 e. The van der Waals surface area contributed by atoms with Gasteiger partial charge in [0.1, 0.15) is 5.75 Å². The lowest BCUT2D eigenvalue weighted by atomic mass is 10.1. The van der Waals surface area contributed by atoms with Crippen LogP contribution in [0.3, 0.4) is 0 Å². The van der Waals surface area contributed by atoms with E-state index < -0.39 is 0 Å². The first-order valence-corrected chi connectivity index (χ1v) is 5.60. The van der Waals surface area contributed by atoms with Crippen LogP contribution in [0.25, 0.3) is 11.3 Å². The SMILES string of the molecule is c1ccc(-c2ccc(OC3CC3)cc2)nc1. The Morgan fingerprint density at radius 2 is 1.81 bits per heavy atom. The van der Waals surface area contributed by atoms with Crippen LogP contribution >= 0.6 is 0 Å². The van der Waals surface area contributed by atoms with E-state index >= 15 is 0 Å². The summed E-state index contributed by atoms with van der Waals surface area (Å²) in [6.07, 6.45) is 4.66. The summed E-state index contributed by atoms with van der Waals surface area (Å²) in [7, 11) is 0. The molecule has 1 fully saturated rings. The quantitative estimate of drug-likeness (QED) is 0.777. The Balaban J connectivity index is 1.81. The van der Waals surface area contributed by atoms with Crippen LogP contribution in [-0.2, 0) is 0 Å². The van der Waals surface area contributed by atoms with E-state index in [1.54, 1.807) is 0 Å². The van der Waals surface area contributed by atoms with Crippen molar-refractivity contribution in [1.29, 1.82) is 0 Å². The second-order valence-corrected chi connectivity index (χ2v) is 4.06. The third kappa shape index (κ3) is 2.06. The molecule has 80 valence electrons. The molecule has 1 heterocycles. The van der Waals surface area contributed by atoms with Crippen molar-refractivity contribution in [2.75, 3.05) is 0 Å². The Morgan fingerprint density at radius 1 is 1.00 bits per heavy atom. The Bertz CT molecular complexity index is 460. The van der Waals surface area contributed by atoms with E-state index in [1.165, 1.54) is 12.8 Å². The lowest BCUT2D eigenvalue weighted by molar-refractivity contribution is 0.303. The number of hydrogen-bond acceptors (Lipinski definition) is 2. The minimum absolute atomic E-state index is 0.459. The molecule has 0 unspecified atom stereocenters. The zero-order valence-corrected chi connectivity index (χ0v) is 8.97. The van der Waals surface area contributed by atoms with Crippen molar-refractivity contribution >= 4 is 0 Å². The molecule has 0 amide bonds. The molecule has 0 saturated heterocycles. The smallest absolute Gasteiger partial charge is 0.119 e. The maximum absolute atomic E-state index is 5.70. The molecule has 2 aromatic rings. The first kappa shape index (κ1) is 9.40. The van der Waals surface area contributed by atoms with Gasteiger partial charge in [-0.05, 0) is 49.2 Å². The third-order valence-corrected chi connectivity index (χ3v) is 2.64. The zero-order valence-electron chi connectivity index (χ0n) is 8.97. The highest BCUT2D eigenvalue weighted by Gasteiger charge is 2.23. The predicted octanol–water partition coefficient (Wildman–Crippen LogP) is 3.29. The molecule has 1 aromatic heterocycles. The van der Waals surface area contributed by atoms with Gasteiger partial charge >= 0.3 is 0 Å². The second kappa shape index (κ2) is 3.97. The van der Waals surface area contributed by atoms with E-state index in [0.29, 0.717) is 6.10 Å². The van der Waals surface area contributed by atoms with Crippen molar-refractivity contribution in [3.63, 3.8) is 0 Å². The van der Waals surface area contributed by atoms with Crippen LogP contribution in [0, 0.1) is 0 Å². The predicted molar refractivity (Wildman–Crippen MR) is 63.3 cm³/mol. The summed E-state index contributed by atoms with van der Waals surface area (Å²) in [4.78, 5) is 4.31. The average molecular weight is 211 g/mol. The number of hydrogen-bond donors (Lipinski definition) is 0. The van der Waals surface area contributed by atoms with E-state index in [9.17, 15) is 0 Å². The molecular formula is C14H13NO. The van der Waals surface area contributed by atoms with Gasteiger partial charge in [-0.15, -0.1) is 0 Å². The van der Waals surface area contributed by atoms with Gasteiger partial charge in [-0.2, -0.15) is 0 Å². The van der Waals surface area contributed by atoms with E-state index in [0.717, 1.165) is 17.0 Å². The van der Waals surface area contributed by atoms with Crippen molar-refractivity contribution < 1.29 is 4.74 Å². The van der Waals surface area contributed by atoms with Crippen LogP contribution in [0.15, 0.2) is 48.7 Å². The maximum Gasteiger partial charge on any atom is 0.119 e. The van der Waals surface area contributed by atoms with Gasteiger partial charge in [-0.1, -0.05) is 6.07 Å². The summed E-state index contributed by atoms with van der Waals surface area (Å²) in [5, 5.41) is 0. The Morgan fingerprint density at radius 3 is 2.44 bits per heavy atom. The van der Waals surface area contributed by atoms with Crippen molar-refractivity contribution in [2.45, 2.75) is 18.9 Å². The van der Waals surface area contributed by atoms with E-state index in [1.807, 2.05) is 36.5 Å². The van der Waals surface area contributed by atoms with Crippen LogP contribution in [-0.4, -0.2) is 11.1 Å². The Kier molecular flexibility index (Phi) is 2.33. The van der Waals surface area contributed by atoms with E-state index in [-0.39, 0.29) is 0 Å². The molecule has 3 rings (SSSR count). The molecule has 1 aromatic carbocycles. The topological polar surface area (TPSA) is 22.1 Å². The fourth-order valence-corrected chi connectivity index (χ4v) is 1.62. The van der Waals surface area contributed by atoms with Gasteiger partial charge in [0.2, 0.25) is 0 Å². The molecule has 0 radical (unpaired) electrons. The van der Waals surface area contributed by atoms with E-state index in [2.05, 4.69) is 17.1 Å². The van der Waals surface area contributed by atoms with Gasteiger partial charge in [0.15, 0.2) is 0 Å². The molecule has 0 bridgehead atoms. The summed E-state index contributed by atoms with van der Waals surface area (Å²) in [5.41, 5.74) is 2.13. The molecular weight excluding hydrogens is 198 g/mol. The van der Waals surface area contributed by atoms with Gasteiger partial charge in [0, 0.05) is 11.8 Å². The lowest BCUT2D eigenvalue weighted by Crippen LogP contribution is -1.95. The maximum atomic E-state index is 5.70. The Labute approximate surface area is 94.9 Å². The molecule has 1 aliphatic carbocycles. The van der Waals surface area contributed by atoms with Gasteiger partial charge < -0.3 is 4.74 Å². The van der Waals surface area contributed by atoms with Crippen molar-refractivity contribution in [3.8, 4) is 17.0 Å². The number of ether oxygens (including phenoxy) is 1. The summed E-state index contributed by atoms with van der Waals surface area (Å²) in [6.45, 7) is 0.